The predicted octanol–water partition coefficient (Wildman–Crippen LogP) is 1.57. The standard InChI is InChI=1S/C7H6BrF2NO2/c8-5-4(13)1-3(2-12)11-6(5)7(9)10/h1,7,12H,2H2,(H,11,13). The minimum Gasteiger partial charge on any atom is -0.390 e. The number of aliphatic hydroxyl groups is 1. The molecule has 0 atom stereocenters. The highest BCUT2D eigenvalue weighted by atomic mass is 79.9. The van der Waals surface area contributed by atoms with Gasteiger partial charge in [-0.15, -0.1) is 0 Å². The molecule has 0 aliphatic heterocycles. The van der Waals surface area contributed by atoms with E-state index < -0.39 is 24.2 Å². The van der Waals surface area contributed by atoms with Crippen molar-refractivity contribution in [2.75, 3.05) is 0 Å². The highest BCUT2D eigenvalue weighted by molar-refractivity contribution is 9.10. The van der Waals surface area contributed by atoms with E-state index in [2.05, 4.69) is 20.9 Å². The predicted molar refractivity (Wildman–Crippen MR) is 45.6 cm³/mol. The van der Waals surface area contributed by atoms with Crippen LogP contribution in [0.1, 0.15) is 17.8 Å². The number of alkyl halides is 2. The minimum absolute atomic E-state index is 0.0727. The third kappa shape index (κ3) is 2.13. The molecular formula is C7H6BrF2NO2. The van der Waals surface area contributed by atoms with Crippen molar-refractivity contribution in [3.05, 3.63) is 32.2 Å². The Morgan fingerprint density at radius 2 is 2.23 bits per heavy atom. The molecule has 0 fully saturated rings. The largest absolute Gasteiger partial charge is 0.390 e. The topological polar surface area (TPSA) is 53.1 Å². The van der Waals surface area contributed by atoms with E-state index in [1.807, 2.05) is 0 Å². The number of hydrogen-bond donors (Lipinski definition) is 2. The van der Waals surface area contributed by atoms with Crippen LogP contribution in [0, 0.1) is 0 Å². The second kappa shape index (κ2) is 3.97. The Labute approximate surface area is 80.5 Å². The molecule has 1 heterocycles. The van der Waals surface area contributed by atoms with Crippen molar-refractivity contribution in [2.24, 2.45) is 0 Å². The number of H-pyrrole nitrogens is 1. The molecule has 1 aromatic rings. The molecule has 0 saturated carbocycles. The summed E-state index contributed by atoms with van der Waals surface area (Å²) in [5.41, 5.74) is -1.00. The van der Waals surface area contributed by atoms with Crippen LogP contribution in [0.15, 0.2) is 15.3 Å². The summed E-state index contributed by atoms with van der Waals surface area (Å²) >= 11 is 2.74. The van der Waals surface area contributed by atoms with Crippen molar-refractivity contribution in [1.82, 2.24) is 4.98 Å². The summed E-state index contributed by atoms with van der Waals surface area (Å²) in [6.07, 6.45) is -2.77. The molecule has 0 saturated heterocycles. The van der Waals surface area contributed by atoms with E-state index in [0.717, 1.165) is 6.07 Å². The van der Waals surface area contributed by atoms with Gasteiger partial charge in [0.2, 0.25) is 0 Å². The molecule has 0 bridgehead atoms. The Kier molecular flexibility index (Phi) is 3.16. The van der Waals surface area contributed by atoms with Gasteiger partial charge in [-0.05, 0) is 15.9 Å². The van der Waals surface area contributed by atoms with Crippen molar-refractivity contribution >= 4 is 15.9 Å². The van der Waals surface area contributed by atoms with Crippen molar-refractivity contribution in [3.8, 4) is 0 Å². The van der Waals surface area contributed by atoms with Crippen molar-refractivity contribution in [1.29, 1.82) is 0 Å². The maximum atomic E-state index is 12.2. The van der Waals surface area contributed by atoms with Crippen LogP contribution in [0.5, 0.6) is 0 Å². The van der Waals surface area contributed by atoms with E-state index >= 15 is 0 Å². The summed E-state index contributed by atoms with van der Waals surface area (Å²) in [6.45, 7) is -0.470. The average molecular weight is 254 g/mol. The maximum absolute atomic E-state index is 12.2. The Hall–Kier alpha value is -0.750. The molecule has 13 heavy (non-hydrogen) atoms. The number of nitrogens with one attached hydrogen (secondary N) is 1. The van der Waals surface area contributed by atoms with E-state index in [1.165, 1.54) is 0 Å². The van der Waals surface area contributed by atoms with Crippen molar-refractivity contribution < 1.29 is 13.9 Å². The van der Waals surface area contributed by atoms with Gasteiger partial charge in [-0.3, -0.25) is 4.79 Å². The molecule has 0 amide bonds. The highest BCUT2D eigenvalue weighted by Crippen LogP contribution is 2.22. The quantitative estimate of drug-likeness (QED) is 0.841. The lowest BCUT2D eigenvalue weighted by atomic mass is 10.3. The fourth-order valence-corrected chi connectivity index (χ4v) is 1.24. The molecule has 0 aromatic carbocycles. The van der Waals surface area contributed by atoms with Gasteiger partial charge in [0.15, 0.2) is 5.43 Å². The summed E-state index contributed by atoms with van der Waals surface area (Å²) < 4.78 is 24.3. The summed E-state index contributed by atoms with van der Waals surface area (Å²) in [6, 6.07) is 1.07. The van der Waals surface area contributed by atoms with Crippen LogP contribution in [0.2, 0.25) is 0 Å². The first-order valence-electron chi connectivity index (χ1n) is 3.37. The van der Waals surface area contributed by atoms with Gasteiger partial charge in [-0.25, -0.2) is 8.78 Å². The van der Waals surface area contributed by atoms with E-state index in [0.29, 0.717) is 0 Å². The van der Waals surface area contributed by atoms with Gasteiger partial charge in [-0.2, -0.15) is 0 Å². The van der Waals surface area contributed by atoms with Crippen molar-refractivity contribution in [2.45, 2.75) is 13.0 Å². The summed E-state index contributed by atoms with van der Waals surface area (Å²) in [5, 5.41) is 8.63. The van der Waals surface area contributed by atoms with Gasteiger partial charge >= 0.3 is 0 Å². The average Bonchev–Trinajstić information content (AvgIpc) is 2.09. The number of rotatable bonds is 2. The van der Waals surface area contributed by atoms with Gasteiger partial charge in [-0.1, -0.05) is 0 Å². The first-order valence-corrected chi connectivity index (χ1v) is 4.16. The first-order chi connectivity index (χ1) is 6.06. The van der Waals surface area contributed by atoms with Crippen LogP contribution in [0.25, 0.3) is 0 Å². The molecule has 1 aromatic heterocycles. The second-order valence-corrected chi connectivity index (χ2v) is 3.14. The Morgan fingerprint density at radius 3 is 2.69 bits per heavy atom. The first kappa shape index (κ1) is 10.3. The van der Waals surface area contributed by atoms with E-state index in [4.69, 9.17) is 5.11 Å². The number of hydrogen-bond acceptors (Lipinski definition) is 2. The molecule has 3 nitrogen and oxygen atoms in total. The van der Waals surface area contributed by atoms with Crippen LogP contribution in [-0.4, -0.2) is 10.1 Å². The zero-order valence-corrected chi connectivity index (χ0v) is 7.94. The number of aromatic amines is 1. The van der Waals surface area contributed by atoms with Crippen LogP contribution in [0.3, 0.4) is 0 Å². The summed E-state index contributed by atoms with van der Waals surface area (Å²) in [5.74, 6) is 0. The van der Waals surface area contributed by atoms with Crippen LogP contribution in [-0.2, 0) is 6.61 Å². The monoisotopic (exact) mass is 253 g/mol. The zero-order valence-electron chi connectivity index (χ0n) is 6.35. The van der Waals surface area contributed by atoms with Crippen LogP contribution >= 0.6 is 15.9 Å². The molecule has 0 aliphatic carbocycles. The number of aliphatic hydroxyl groups excluding tert-OH is 1. The molecule has 1 rings (SSSR count). The normalized spacial score (nSPS) is 10.8. The molecule has 0 aliphatic rings. The van der Waals surface area contributed by atoms with Crippen LogP contribution < -0.4 is 5.43 Å². The van der Waals surface area contributed by atoms with E-state index in [9.17, 15) is 13.6 Å². The lowest BCUT2D eigenvalue weighted by Gasteiger charge is -2.04. The van der Waals surface area contributed by atoms with E-state index in [-0.39, 0.29) is 10.2 Å². The fraction of sp³-hybridized carbons (Fsp3) is 0.286. The summed E-state index contributed by atoms with van der Waals surface area (Å²) in [7, 11) is 0. The summed E-state index contributed by atoms with van der Waals surface area (Å²) in [4.78, 5) is 13.3. The Morgan fingerprint density at radius 1 is 1.62 bits per heavy atom. The molecule has 0 unspecified atom stereocenters. The van der Waals surface area contributed by atoms with Gasteiger partial charge < -0.3 is 10.1 Å². The number of halogens is 3. The highest BCUT2D eigenvalue weighted by Gasteiger charge is 2.15. The molecule has 0 radical (unpaired) electrons. The second-order valence-electron chi connectivity index (χ2n) is 2.35. The SMILES string of the molecule is O=c1cc(CO)[nH]c(C(F)F)c1Br. The smallest absolute Gasteiger partial charge is 0.279 e. The zero-order chi connectivity index (χ0) is 10.0. The minimum atomic E-state index is -2.77. The lowest BCUT2D eigenvalue weighted by molar-refractivity contribution is 0.144. The van der Waals surface area contributed by atoms with Gasteiger partial charge in [0.1, 0.15) is 5.69 Å². The maximum Gasteiger partial charge on any atom is 0.279 e. The molecule has 2 N–H and O–H groups in total. The number of pyridine rings is 1. The molecule has 6 heteroatoms. The third-order valence-electron chi connectivity index (χ3n) is 1.44. The Bertz CT molecular complexity index is 364. The van der Waals surface area contributed by atoms with Crippen LogP contribution in [0.4, 0.5) is 8.78 Å². The fourth-order valence-electron chi connectivity index (χ4n) is 0.854. The van der Waals surface area contributed by atoms with Crippen molar-refractivity contribution in [3.63, 3.8) is 0 Å². The number of aromatic nitrogens is 1. The van der Waals surface area contributed by atoms with E-state index in [1.54, 1.807) is 0 Å². The third-order valence-corrected chi connectivity index (χ3v) is 2.26. The molecule has 0 spiro atoms. The van der Waals surface area contributed by atoms with Gasteiger partial charge in [0.25, 0.3) is 6.43 Å². The Balaban J connectivity index is 3.33. The lowest BCUT2D eigenvalue weighted by Crippen LogP contribution is -2.10. The molecule has 72 valence electrons. The van der Waals surface area contributed by atoms with Gasteiger partial charge in [0, 0.05) is 11.8 Å². The van der Waals surface area contributed by atoms with Gasteiger partial charge in [0.05, 0.1) is 11.1 Å². The molecular weight excluding hydrogens is 248 g/mol.